The van der Waals surface area contributed by atoms with Gasteiger partial charge in [0.05, 0.1) is 10.6 Å². The number of thiophene rings is 1. The van der Waals surface area contributed by atoms with E-state index in [9.17, 15) is 4.79 Å². The highest BCUT2D eigenvalue weighted by molar-refractivity contribution is 7.17. The Morgan fingerprint density at radius 3 is 2.90 bits per heavy atom. The molecular weight excluding hydrogens is 288 g/mol. The van der Waals surface area contributed by atoms with Crippen LogP contribution >= 0.6 is 22.7 Å². The van der Waals surface area contributed by atoms with Crippen molar-refractivity contribution in [2.75, 3.05) is 5.32 Å². The molecule has 3 rings (SSSR count). The minimum atomic E-state index is 0.111. The second-order valence-electron chi connectivity index (χ2n) is 5.35. The van der Waals surface area contributed by atoms with Gasteiger partial charge in [-0.1, -0.05) is 12.8 Å². The van der Waals surface area contributed by atoms with E-state index < -0.39 is 0 Å². The largest absolute Gasteiger partial charge is 0.302 e. The summed E-state index contributed by atoms with van der Waals surface area (Å²) >= 11 is 3.23. The highest BCUT2D eigenvalue weighted by atomic mass is 32.1. The van der Waals surface area contributed by atoms with Gasteiger partial charge >= 0.3 is 0 Å². The molecule has 20 heavy (non-hydrogen) atoms. The van der Waals surface area contributed by atoms with Gasteiger partial charge in [-0.25, -0.2) is 4.98 Å². The van der Waals surface area contributed by atoms with Crippen molar-refractivity contribution in [2.24, 2.45) is 5.92 Å². The maximum absolute atomic E-state index is 12.0. The third-order valence-electron chi connectivity index (χ3n) is 3.69. The quantitative estimate of drug-likeness (QED) is 0.889. The summed E-state index contributed by atoms with van der Waals surface area (Å²) in [7, 11) is 0. The molecule has 0 saturated heterocycles. The number of hydrogen-bond donors (Lipinski definition) is 1. The summed E-state index contributed by atoms with van der Waals surface area (Å²) in [5, 5.41) is 5.67. The van der Waals surface area contributed by atoms with Crippen molar-refractivity contribution in [3.63, 3.8) is 0 Å². The van der Waals surface area contributed by atoms with Gasteiger partial charge in [-0.15, -0.1) is 22.7 Å². The number of thiazole rings is 1. The summed E-state index contributed by atoms with van der Waals surface area (Å²) < 4.78 is 0. The first-order chi connectivity index (χ1) is 9.70. The van der Waals surface area contributed by atoms with E-state index in [1.54, 1.807) is 11.3 Å². The first-order valence-corrected chi connectivity index (χ1v) is 8.72. The Hall–Kier alpha value is -1.20. The van der Waals surface area contributed by atoms with Gasteiger partial charge in [0.15, 0.2) is 5.13 Å². The fraction of sp³-hybridized carbons (Fsp3) is 0.467. The highest BCUT2D eigenvalue weighted by Crippen LogP contribution is 2.31. The summed E-state index contributed by atoms with van der Waals surface area (Å²) in [5.74, 6) is 0.689. The molecule has 0 spiro atoms. The molecule has 1 N–H and O–H groups in total. The zero-order valence-corrected chi connectivity index (χ0v) is 13.1. The number of nitrogens with one attached hydrogen (secondary N) is 1. The number of nitrogens with zero attached hydrogens (tertiary/aromatic N) is 1. The third kappa shape index (κ3) is 3.27. The molecule has 106 valence electrons. The molecule has 1 saturated carbocycles. The topological polar surface area (TPSA) is 42.0 Å². The first kappa shape index (κ1) is 13.8. The third-order valence-corrected chi connectivity index (χ3v) is 5.47. The molecule has 2 aromatic rings. The first-order valence-electron chi connectivity index (χ1n) is 7.03. The van der Waals surface area contributed by atoms with Crippen LogP contribution in [0.4, 0.5) is 5.13 Å². The van der Waals surface area contributed by atoms with Crippen LogP contribution in [0.5, 0.6) is 0 Å². The molecule has 0 aromatic carbocycles. The van der Waals surface area contributed by atoms with Gasteiger partial charge in [-0.2, -0.15) is 0 Å². The van der Waals surface area contributed by atoms with Crippen LogP contribution in [0, 0.1) is 12.8 Å². The molecule has 5 heteroatoms. The van der Waals surface area contributed by atoms with E-state index in [2.05, 4.69) is 29.4 Å². The van der Waals surface area contributed by atoms with Crippen molar-refractivity contribution in [1.29, 1.82) is 0 Å². The number of anilines is 1. The lowest BCUT2D eigenvalue weighted by atomic mass is 10.0. The number of hydrogen-bond acceptors (Lipinski definition) is 4. The molecule has 2 heterocycles. The molecule has 1 aliphatic carbocycles. The predicted molar refractivity (Wildman–Crippen MR) is 85.4 cm³/mol. The van der Waals surface area contributed by atoms with Crippen molar-refractivity contribution in [1.82, 2.24) is 4.98 Å². The van der Waals surface area contributed by atoms with Crippen molar-refractivity contribution >= 4 is 33.7 Å². The van der Waals surface area contributed by atoms with E-state index >= 15 is 0 Å². The molecule has 0 bridgehead atoms. The van der Waals surface area contributed by atoms with E-state index in [-0.39, 0.29) is 5.91 Å². The highest BCUT2D eigenvalue weighted by Gasteiger charge is 2.19. The molecule has 3 nitrogen and oxygen atoms in total. The van der Waals surface area contributed by atoms with Crippen molar-refractivity contribution in [3.8, 4) is 10.6 Å². The lowest BCUT2D eigenvalue weighted by molar-refractivity contribution is -0.117. The lowest BCUT2D eigenvalue weighted by Gasteiger charge is -2.07. The van der Waals surface area contributed by atoms with Crippen LogP contribution in [0.15, 0.2) is 17.5 Å². The Morgan fingerprint density at radius 2 is 2.20 bits per heavy atom. The van der Waals surface area contributed by atoms with Gasteiger partial charge < -0.3 is 5.32 Å². The predicted octanol–water partition coefficient (Wildman–Crippen LogP) is 4.70. The van der Waals surface area contributed by atoms with Gasteiger partial charge in [0, 0.05) is 16.7 Å². The molecule has 2 aromatic heterocycles. The molecule has 0 aliphatic heterocycles. The van der Waals surface area contributed by atoms with Crippen LogP contribution < -0.4 is 5.32 Å². The number of carbonyl (C=O) groups is 1. The van der Waals surface area contributed by atoms with Gasteiger partial charge in [0.2, 0.25) is 5.91 Å². The number of rotatable bonds is 4. The summed E-state index contributed by atoms with van der Waals surface area (Å²) in [5.41, 5.74) is 0.962. The Balaban J connectivity index is 1.60. The Morgan fingerprint density at radius 1 is 1.40 bits per heavy atom. The van der Waals surface area contributed by atoms with E-state index in [1.165, 1.54) is 41.9 Å². The molecule has 1 fully saturated rings. The Kier molecular flexibility index (Phi) is 4.17. The molecule has 1 aliphatic rings. The van der Waals surface area contributed by atoms with Gasteiger partial charge in [0.25, 0.3) is 0 Å². The Bertz CT molecular complexity index is 597. The van der Waals surface area contributed by atoms with Crippen molar-refractivity contribution in [3.05, 3.63) is 22.4 Å². The zero-order chi connectivity index (χ0) is 13.9. The molecule has 0 atom stereocenters. The SMILES string of the molecule is Cc1ccc(-c2csc(NC(=O)CC3CCCC3)n2)s1. The minimum absolute atomic E-state index is 0.111. The smallest absolute Gasteiger partial charge is 0.226 e. The van der Waals surface area contributed by atoms with Crippen LogP contribution in [0.1, 0.15) is 37.0 Å². The lowest BCUT2D eigenvalue weighted by Crippen LogP contribution is -2.14. The standard InChI is InChI=1S/C15H18N2OS2/c1-10-6-7-13(20-10)12-9-19-15(16-12)17-14(18)8-11-4-2-3-5-11/h6-7,9,11H,2-5,8H2,1H3,(H,16,17,18). The van der Waals surface area contributed by atoms with Crippen molar-refractivity contribution in [2.45, 2.75) is 39.0 Å². The van der Waals surface area contributed by atoms with Gasteiger partial charge in [-0.3, -0.25) is 4.79 Å². The van der Waals surface area contributed by atoms with Crippen molar-refractivity contribution < 1.29 is 4.79 Å². The second-order valence-corrected chi connectivity index (χ2v) is 7.50. The monoisotopic (exact) mass is 306 g/mol. The number of aryl methyl sites for hydroxylation is 1. The number of amides is 1. The maximum Gasteiger partial charge on any atom is 0.226 e. The molecule has 0 unspecified atom stereocenters. The van der Waals surface area contributed by atoms with Crippen LogP contribution in [0.3, 0.4) is 0 Å². The van der Waals surface area contributed by atoms with Gasteiger partial charge in [0.1, 0.15) is 0 Å². The van der Waals surface area contributed by atoms with Crippen LogP contribution in [0.2, 0.25) is 0 Å². The summed E-state index contributed by atoms with van der Waals surface area (Å²) in [6, 6.07) is 4.18. The van der Waals surface area contributed by atoms with Gasteiger partial charge in [-0.05, 0) is 37.8 Å². The average Bonchev–Trinajstić information content (AvgIpc) is 3.10. The zero-order valence-electron chi connectivity index (χ0n) is 11.5. The Labute approximate surface area is 127 Å². The van der Waals surface area contributed by atoms with E-state index in [1.807, 2.05) is 5.38 Å². The molecular formula is C15H18N2OS2. The van der Waals surface area contributed by atoms with Crippen LogP contribution in [-0.2, 0) is 4.79 Å². The normalized spacial score (nSPS) is 15.7. The van der Waals surface area contributed by atoms with E-state index in [0.717, 1.165) is 10.6 Å². The molecule has 1 amide bonds. The number of aromatic nitrogens is 1. The fourth-order valence-electron chi connectivity index (χ4n) is 2.66. The number of carbonyl (C=O) groups excluding carboxylic acids is 1. The summed E-state index contributed by atoms with van der Waals surface area (Å²) in [4.78, 5) is 18.9. The fourth-order valence-corrected chi connectivity index (χ4v) is 4.29. The van der Waals surface area contributed by atoms with E-state index in [4.69, 9.17) is 0 Å². The second kappa shape index (κ2) is 6.06. The maximum atomic E-state index is 12.0. The minimum Gasteiger partial charge on any atom is -0.302 e. The van der Waals surface area contributed by atoms with E-state index in [0.29, 0.717) is 17.5 Å². The molecule has 0 radical (unpaired) electrons. The average molecular weight is 306 g/mol. The van der Waals surface area contributed by atoms with Crippen LogP contribution in [-0.4, -0.2) is 10.9 Å². The summed E-state index contributed by atoms with van der Waals surface area (Å²) in [6.07, 6.45) is 5.59. The van der Waals surface area contributed by atoms with Crippen LogP contribution in [0.25, 0.3) is 10.6 Å². The summed E-state index contributed by atoms with van der Waals surface area (Å²) in [6.45, 7) is 2.09.